The average molecular weight is 1460 g/mol. The minimum absolute atomic E-state index is 0.000224. The summed E-state index contributed by atoms with van der Waals surface area (Å²) in [7, 11) is 10.3. The summed E-state index contributed by atoms with van der Waals surface area (Å²) in [4.78, 5) is 177. The normalized spacial score (nSPS) is 25.6. The van der Waals surface area contributed by atoms with Crippen molar-refractivity contribution in [3.05, 3.63) is 46.5 Å². The number of aliphatic hydroxyl groups is 1. The van der Waals surface area contributed by atoms with E-state index >= 15 is 24.0 Å². The fraction of sp³-hybridized carbons (Fsp3) is 0.743. The molecule has 3 aliphatic carbocycles. The van der Waals surface area contributed by atoms with E-state index in [2.05, 4.69) is 16.0 Å². The zero-order valence-corrected chi connectivity index (χ0v) is 63.4. The molecule has 28 heteroatoms. The van der Waals surface area contributed by atoms with Crippen molar-refractivity contribution < 1.29 is 71.0 Å². The first-order valence-electron chi connectivity index (χ1n) is 36.9. The minimum Gasteiger partial charge on any atom is -0.386 e. The van der Waals surface area contributed by atoms with Crippen molar-refractivity contribution in [2.24, 2.45) is 23.7 Å². The SMILES string of the molecule is CC[C@H](C)[C@@H]1NC(=O)[C@H](CC(C)C)N(C)C(=O)C[C@@H](C(=O)N2CCCCC2)N(C)C(=O)C(C2CCCCC2)N(C)C2(CCCC2)NC(=O)N(C/C=C/C(C)(C)O)C(=O)[C@@H](CCc2ccc(C(F)(F)F)c(Cl)c2)NC(=O)CN(C)C(=O)[C@H](CC2CCCCC2)N(C)C(=O)CN(C)C(=O)CN(C)C1=O. The number of benzene rings is 1. The standard InChI is InChI=1S/C74H116ClF3N12O12/c1-14-49(4)63-69(99)84(9)46-61(93)82(7)47-62(94)86(11)57(43-50-27-18-15-19-28-50)67(97)83(8)45-59(91)79-55(34-32-51-31-33-53(54(75)42-51)74(76,77)78)66(96)90(40-26-35-72(5,6)102)71(101)81-73(36-22-23-37-73)88(13)64(52-29-20-16-21-30-52)70(100)87(12)58(68(98)89-38-24-17-25-39-89)44-60(92)85(10)56(41-48(2)3)65(95)80-63/h26,31,33,35,42,48-50,52,55-58,63-64,102H,14-25,27-30,32,34,36-41,43-47H2,1-13H3,(H,79,91)(H,80,95)(H,81,101)/b35-26+/t49-,55+,56-,57-,58-,63-,64?/m0/s1. The molecule has 2 heterocycles. The van der Waals surface area contributed by atoms with Crippen LogP contribution in [0.3, 0.4) is 0 Å². The highest BCUT2D eigenvalue weighted by Gasteiger charge is 2.50. The third-order valence-electron chi connectivity index (χ3n) is 21.7. The smallest absolute Gasteiger partial charge is 0.386 e. The highest BCUT2D eigenvalue weighted by Crippen LogP contribution is 2.40. The Kier molecular flexibility index (Phi) is 31.1. The molecule has 1 aromatic rings. The van der Waals surface area contributed by atoms with Gasteiger partial charge in [0.25, 0.3) is 5.91 Å². The van der Waals surface area contributed by atoms with Gasteiger partial charge in [0, 0.05) is 61.9 Å². The monoisotopic (exact) mass is 1460 g/mol. The molecule has 102 heavy (non-hydrogen) atoms. The molecular formula is C74H116ClF3N12O12. The molecule has 0 aromatic heterocycles. The fourth-order valence-electron chi connectivity index (χ4n) is 15.2. The number of halogens is 4. The van der Waals surface area contributed by atoms with Crippen LogP contribution in [0.2, 0.25) is 5.02 Å². The molecule has 0 bridgehead atoms. The van der Waals surface area contributed by atoms with E-state index in [4.69, 9.17) is 11.6 Å². The van der Waals surface area contributed by atoms with Gasteiger partial charge in [0.15, 0.2) is 0 Å². The number of carbonyl (C=O) groups is 11. The number of aryl methyl sites for hydroxylation is 1. The number of alkyl halides is 3. The lowest BCUT2D eigenvalue weighted by Gasteiger charge is -2.48. The molecule has 24 nitrogen and oxygen atoms in total. The lowest BCUT2D eigenvalue weighted by molar-refractivity contribution is -0.154. The topological polar surface area (TPSA) is 273 Å². The van der Waals surface area contributed by atoms with Crippen molar-refractivity contribution in [2.45, 2.75) is 243 Å². The molecule has 2 aliphatic heterocycles. The maximum Gasteiger partial charge on any atom is 0.417 e. The second-order valence-corrected chi connectivity index (χ2v) is 31.0. The summed E-state index contributed by atoms with van der Waals surface area (Å²) in [5.41, 5.74) is -3.66. The summed E-state index contributed by atoms with van der Waals surface area (Å²) in [6, 6.07) is -5.43. The van der Waals surface area contributed by atoms with Crippen LogP contribution in [0.25, 0.3) is 0 Å². The second kappa shape index (κ2) is 37.7. The molecule has 12 amide bonds. The van der Waals surface area contributed by atoms with E-state index in [-0.39, 0.29) is 61.8 Å². The summed E-state index contributed by atoms with van der Waals surface area (Å²) in [5, 5.41) is 19.2. The summed E-state index contributed by atoms with van der Waals surface area (Å²) < 4.78 is 42.0. The van der Waals surface area contributed by atoms with Gasteiger partial charge in [-0.2, -0.15) is 13.2 Å². The maximum atomic E-state index is 16.1. The number of nitrogens with zero attached hydrogens (tertiary/aromatic N) is 9. The van der Waals surface area contributed by atoms with Crippen LogP contribution >= 0.6 is 11.6 Å². The second-order valence-electron chi connectivity index (χ2n) is 30.6. The Bertz CT molecular complexity index is 3120. The number of imide groups is 1. The number of urea groups is 1. The van der Waals surface area contributed by atoms with E-state index in [1.54, 1.807) is 18.9 Å². The van der Waals surface area contributed by atoms with Gasteiger partial charge in [-0.25, -0.2) is 4.79 Å². The number of amides is 12. The van der Waals surface area contributed by atoms with Crippen molar-refractivity contribution in [3.63, 3.8) is 0 Å². The van der Waals surface area contributed by atoms with Gasteiger partial charge >= 0.3 is 12.2 Å². The van der Waals surface area contributed by atoms with Crippen LogP contribution in [0, 0.1) is 23.7 Å². The highest BCUT2D eigenvalue weighted by molar-refractivity contribution is 6.31. The van der Waals surface area contributed by atoms with Crippen LogP contribution in [0.15, 0.2) is 30.4 Å². The van der Waals surface area contributed by atoms with Gasteiger partial charge in [-0.3, -0.25) is 57.7 Å². The molecule has 1 spiro atoms. The first-order chi connectivity index (χ1) is 47.9. The zero-order valence-electron chi connectivity index (χ0n) is 62.6. The Morgan fingerprint density at radius 3 is 1.84 bits per heavy atom. The van der Waals surface area contributed by atoms with Crippen LogP contribution in [0.4, 0.5) is 18.0 Å². The Morgan fingerprint density at radius 2 is 1.26 bits per heavy atom. The third-order valence-corrected chi connectivity index (χ3v) is 22.0. The lowest BCUT2D eigenvalue weighted by atomic mass is 9.81. The number of likely N-dealkylation sites (tertiary alicyclic amines) is 1. The highest BCUT2D eigenvalue weighted by atomic mass is 35.5. The van der Waals surface area contributed by atoms with Crippen LogP contribution in [-0.4, -0.2) is 250 Å². The molecule has 4 N–H and O–H groups in total. The number of rotatable bonds is 14. The van der Waals surface area contributed by atoms with Crippen molar-refractivity contribution in [1.29, 1.82) is 0 Å². The molecule has 7 atom stereocenters. The Morgan fingerprint density at radius 1 is 0.686 bits per heavy atom. The Hall–Kier alpha value is -6.87. The van der Waals surface area contributed by atoms with Gasteiger partial charge in [0.05, 0.1) is 53.9 Å². The molecule has 2 saturated heterocycles. The lowest BCUT2D eigenvalue weighted by Crippen LogP contribution is -2.68. The van der Waals surface area contributed by atoms with Gasteiger partial charge in [0.1, 0.15) is 30.2 Å². The number of likely N-dealkylation sites (N-methyl/N-ethyl adjacent to an activating group) is 7. The van der Waals surface area contributed by atoms with Crippen molar-refractivity contribution in [2.75, 3.05) is 88.6 Å². The van der Waals surface area contributed by atoms with Gasteiger partial charge in [0.2, 0.25) is 53.2 Å². The van der Waals surface area contributed by atoms with Gasteiger partial charge in [-0.15, -0.1) is 0 Å². The predicted octanol–water partition coefficient (Wildman–Crippen LogP) is 7.61. The maximum absolute atomic E-state index is 16.1. The third kappa shape index (κ3) is 22.8. The van der Waals surface area contributed by atoms with Crippen molar-refractivity contribution in [1.82, 2.24) is 60.0 Å². The summed E-state index contributed by atoms with van der Waals surface area (Å²) in [6.45, 7) is 8.86. The molecule has 5 aliphatic rings. The molecule has 6 rings (SSSR count). The van der Waals surface area contributed by atoms with E-state index in [0.29, 0.717) is 58.0 Å². The summed E-state index contributed by atoms with van der Waals surface area (Å²) >= 11 is 6.21. The first kappa shape index (κ1) is 84.1. The number of nitrogens with one attached hydrogen (secondary N) is 3. The molecular weight excluding hydrogens is 1340 g/mol. The van der Waals surface area contributed by atoms with E-state index in [9.17, 15) is 47.0 Å². The first-order valence-corrected chi connectivity index (χ1v) is 37.3. The van der Waals surface area contributed by atoms with E-state index in [0.717, 1.165) is 89.5 Å². The predicted molar refractivity (Wildman–Crippen MR) is 381 cm³/mol. The van der Waals surface area contributed by atoms with Gasteiger partial charge < -0.3 is 55.4 Å². The molecule has 572 valence electrons. The van der Waals surface area contributed by atoms with E-state index in [1.807, 2.05) is 25.7 Å². The quantitative estimate of drug-likeness (QED) is 0.131. The Balaban J connectivity index is 1.51. The number of hydrogen-bond donors (Lipinski definition) is 4. The van der Waals surface area contributed by atoms with E-state index in [1.165, 1.54) is 89.1 Å². The minimum atomic E-state index is -4.79. The van der Waals surface area contributed by atoms with Crippen LogP contribution in [0.5, 0.6) is 0 Å². The van der Waals surface area contributed by atoms with Crippen molar-refractivity contribution in [3.8, 4) is 0 Å². The van der Waals surface area contributed by atoms with Crippen LogP contribution in [0.1, 0.15) is 194 Å². The molecule has 5 fully saturated rings. The van der Waals surface area contributed by atoms with Crippen LogP contribution < -0.4 is 16.0 Å². The molecule has 1 unspecified atom stereocenters. The van der Waals surface area contributed by atoms with Gasteiger partial charge in [-0.05, 0) is 146 Å². The summed E-state index contributed by atoms with van der Waals surface area (Å²) in [5.74, 6) is -7.66. The van der Waals surface area contributed by atoms with Gasteiger partial charge in [-0.1, -0.05) is 115 Å². The fourth-order valence-corrected chi connectivity index (χ4v) is 15.5. The number of hydrogen-bond acceptors (Lipinski definition) is 13. The average Bonchev–Trinajstić information content (AvgIpc) is 1.38. The summed E-state index contributed by atoms with van der Waals surface area (Å²) in [6.07, 6.45) is 9.54. The van der Waals surface area contributed by atoms with E-state index < -0.39 is 168 Å². The van der Waals surface area contributed by atoms with Crippen molar-refractivity contribution >= 4 is 76.7 Å². The molecule has 0 radical (unpaired) electrons. The van der Waals surface area contributed by atoms with Crippen LogP contribution in [-0.2, 0) is 60.5 Å². The Labute approximate surface area is 606 Å². The largest absolute Gasteiger partial charge is 0.417 e. The molecule has 3 saturated carbocycles. The number of piperidine rings is 1. The molecule has 1 aromatic carbocycles. The zero-order chi connectivity index (χ0) is 75.7. The number of carbonyl (C=O) groups excluding carboxylic acids is 11.